The topological polar surface area (TPSA) is 138 Å². The lowest BCUT2D eigenvalue weighted by Gasteiger charge is -1.90. The molecule has 96 valence electrons. The number of H-pyrrole nitrogens is 4. The van der Waals surface area contributed by atoms with Crippen molar-refractivity contribution in [3.05, 3.63) is 31.3 Å². The van der Waals surface area contributed by atoms with Crippen LogP contribution in [0.2, 0.25) is 0 Å². The van der Waals surface area contributed by atoms with Crippen LogP contribution in [0.15, 0.2) is 14.4 Å². The van der Waals surface area contributed by atoms with Crippen LogP contribution in [0.5, 0.6) is 0 Å². The van der Waals surface area contributed by atoms with Crippen LogP contribution in [0.4, 0.5) is 0 Å². The minimum absolute atomic E-state index is 0.0413. The van der Waals surface area contributed by atoms with Gasteiger partial charge in [-0.1, -0.05) is 34.8 Å². The van der Waals surface area contributed by atoms with Crippen LogP contribution in [0, 0.1) is 11.3 Å². The van der Waals surface area contributed by atoms with Crippen LogP contribution in [0.25, 0.3) is 11.2 Å². The Morgan fingerprint density at radius 2 is 1.39 bits per heavy atom. The molecule has 0 amide bonds. The molecule has 0 radical (unpaired) electrons. The molecule has 0 bridgehead atoms. The Bertz CT molecular complexity index is 756. The third-order valence-corrected chi connectivity index (χ3v) is 1.80. The zero-order chi connectivity index (χ0) is 13.9. The summed E-state index contributed by atoms with van der Waals surface area (Å²) in [5.41, 5.74) is -1.65. The first-order valence-corrected chi connectivity index (χ1v) is 5.29. The fourth-order valence-corrected chi connectivity index (χ4v) is 0.958. The Hall–Kier alpha value is -1.69. The summed E-state index contributed by atoms with van der Waals surface area (Å²) in [6, 6.07) is 1.40. The molecule has 4 N–H and O–H groups in total. The Balaban J connectivity index is 0.000000232. The maximum atomic E-state index is 10.9. The molecule has 0 aliphatic rings. The van der Waals surface area contributed by atoms with Crippen molar-refractivity contribution in [2.75, 3.05) is 0 Å². The second-order valence-electron chi connectivity index (χ2n) is 2.85. The highest BCUT2D eigenvalue weighted by Crippen LogP contribution is 2.23. The van der Waals surface area contributed by atoms with E-state index in [-0.39, 0.29) is 11.2 Å². The van der Waals surface area contributed by atoms with Crippen LogP contribution in [-0.4, -0.2) is 23.7 Å². The fourth-order valence-electron chi connectivity index (χ4n) is 0.958. The van der Waals surface area contributed by atoms with E-state index in [1.807, 2.05) is 4.98 Å². The molecule has 0 aliphatic heterocycles. The Morgan fingerprint density at radius 3 is 1.83 bits per heavy atom. The summed E-state index contributed by atoms with van der Waals surface area (Å²) in [5, 5.41) is 7.76. The van der Waals surface area contributed by atoms with Gasteiger partial charge in [0.2, 0.25) is 0 Å². The zero-order valence-electron chi connectivity index (χ0n) is 8.31. The van der Waals surface area contributed by atoms with Gasteiger partial charge in [0.05, 0.1) is 0 Å². The molecule has 11 heteroatoms. The van der Waals surface area contributed by atoms with Gasteiger partial charge in [0.1, 0.15) is 17.2 Å². The first kappa shape index (κ1) is 14.4. The average Bonchev–Trinajstić information content (AvgIpc) is 2.59. The number of aromatic nitrogens is 4. The number of nitrogens with one attached hydrogen (secondary N) is 4. The molecule has 0 spiro atoms. The molecular formula is C7H4Cl3N5O3. The largest absolute Gasteiger partial charge is 0.327 e. The van der Waals surface area contributed by atoms with E-state index in [1.165, 1.54) is 6.07 Å². The van der Waals surface area contributed by atoms with Gasteiger partial charge in [-0.2, -0.15) is 5.26 Å². The maximum absolute atomic E-state index is 10.9. The predicted molar refractivity (Wildman–Crippen MR) is 66.1 cm³/mol. The van der Waals surface area contributed by atoms with Crippen LogP contribution >= 0.6 is 34.8 Å². The first-order chi connectivity index (χ1) is 8.23. The predicted octanol–water partition coefficient (Wildman–Crippen LogP) is 0.113. The van der Waals surface area contributed by atoms with E-state index in [0.717, 1.165) is 0 Å². The van der Waals surface area contributed by atoms with Gasteiger partial charge in [-0.25, -0.2) is 9.59 Å². The molecule has 8 nitrogen and oxygen atoms in total. The van der Waals surface area contributed by atoms with E-state index >= 15 is 0 Å². The molecule has 2 heterocycles. The van der Waals surface area contributed by atoms with Gasteiger partial charge in [-0.3, -0.25) is 24.7 Å². The highest BCUT2D eigenvalue weighted by molar-refractivity contribution is 6.69. The summed E-state index contributed by atoms with van der Waals surface area (Å²) < 4.78 is -1.74. The van der Waals surface area contributed by atoms with Crippen LogP contribution < -0.4 is 16.9 Å². The molecule has 2 aromatic heterocycles. The number of imidazole rings is 1. The summed E-state index contributed by atoms with van der Waals surface area (Å²) in [5.74, 6) is 0. The highest BCUT2D eigenvalue weighted by Gasteiger charge is 2.16. The third kappa shape index (κ3) is 3.96. The van der Waals surface area contributed by atoms with Gasteiger partial charge in [0.25, 0.3) is 9.35 Å². The molecule has 18 heavy (non-hydrogen) atoms. The second-order valence-corrected chi connectivity index (χ2v) is 5.13. The van der Waals surface area contributed by atoms with Gasteiger partial charge in [0, 0.05) is 0 Å². The molecule has 0 atom stereocenters. The van der Waals surface area contributed by atoms with E-state index in [0.29, 0.717) is 0 Å². The van der Waals surface area contributed by atoms with E-state index in [4.69, 9.17) is 40.1 Å². The fraction of sp³-hybridized carbons (Fsp3) is 0.143. The summed E-state index contributed by atoms with van der Waals surface area (Å²) in [6.07, 6.45) is 0. The molecule has 2 aromatic rings. The van der Waals surface area contributed by atoms with Crippen molar-refractivity contribution < 1.29 is 0 Å². The summed E-state index contributed by atoms with van der Waals surface area (Å²) in [4.78, 5) is 41.0. The monoisotopic (exact) mass is 311 g/mol. The Kier molecular flexibility index (Phi) is 4.24. The molecule has 0 fully saturated rings. The average molecular weight is 312 g/mol. The normalized spacial score (nSPS) is 10.6. The van der Waals surface area contributed by atoms with Crippen molar-refractivity contribution in [1.29, 1.82) is 5.26 Å². The Labute approximate surface area is 113 Å². The van der Waals surface area contributed by atoms with E-state index in [2.05, 4.69) is 15.0 Å². The standard InChI is InChI=1S/C5H4N4O3.C2Cl3N/c10-3-1-2(7-4(11)6-1)8-5(12)9-3;3-2(4,5)1-6/h(H4,6,7,8,9,10,11,12);. The van der Waals surface area contributed by atoms with Gasteiger partial charge >= 0.3 is 11.4 Å². The lowest BCUT2D eigenvalue weighted by atomic mass is 10.5. The molecule has 0 unspecified atom stereocenters. The van der Waals surface area contributed by atoms with Crippen molar-refractivity contribution in [2.24, 2.45) is 0 Å². The highest BCUT2D eigenvalue weighted by atomic mass is 35.6. The number of aromatic amines is 4. The SMILES string of the molecule is N#CC(Cl)(Cl)Cl.O=c1[nH]c(=O)c2[nH]c(=O)[nH]c2[nH]1. The number of hydrogen-bond acceptors (Lipinski definition) is 4. The van der Waals surface area contributed by atoms with Crippen molar-refractivity contribution in [2.45, 2.75) is 3.79 Å². The Morgan fingerprint density at radius 1 is 0.944 bits per heavy atom. The number of nitrogens with zero attached hydrogens (tertiary/aromatic N) is 1. The van der Waals surface area contributed by atoms with Crippen molar-refractivity contribution in [3.63, 3.8) is 0 Å². The number of halogens is 3. The van der Waals surface area contributed by atoms with Crippen LogP contribution in [0.1, 0.15) is 0 Å². The van der Waals surface area contributed by atoms with E-state index in [9.17, 15) is 14.4 Å². The molecule has 0 saturated heterocycles. The quantitative estimate of drug-likeness (QED) is 0.513. The summed E-state index contributed by atoms with van der Waals surface area (Å²) in [6.45, 7) is 0. The third-order valence-electron chi connectivity index (χ3n) is 1.55. The van der Waals surface area contributed by atoms with Gasteiger partial charge in [-0.15, -0.1) is 0 Å². The number of alkyl halides is 3. The summed E-state index contributed by atoms with van der Waals surface area (Å²) in [7, 11) is 0. The summed E-state index contributed by atoms with van der Waals surface area (Å²) >= 11 is 14.7. The number of hydrogen-bond donors (Lipinski definition) is 4. The molecular weight excluding hydrogens is 308 g/mol. The number of rotatable bonds is 0. The second kappa shape index (κ2) is 5.30. The molecule has 2 rings (SSSR count). The molecule has 0 saturated carbocycles. The maximum Gasteiger partial charge on any atom is 0.327 e. The number of nitriles is 1. The van der Waals surface area contributed by atoms with Gasteiger partial charge < -0.3 is 0 Å². The van der Waals surface area contributed by atoms with E-state index in [1.54, 1.807) is 0 Å². The van der Waals surface area contributed by atoms with Gasteiger partial charge in [0.15, 0.2) is 0 Å². The zero-order valence-corrected chi connectivity index (χ0v) is 10.6. The van der Waals surface area contributed by atoms with Crippen molar-refractivity contribution in [1.82, 2.24) is 19.9 Å². The molecule has 0 aliphatic carbocycles. The van der Waals surface area contributed by atoms with E-state index < -0.39 is 20.7 Å². The minimum atomic E-state index is -1.74. The van der Waals surface area contributed by atoms with Gasteiger partial charge in [-0.05, 0) is 0 Å². The smallest absolute Gasteiger partial charge is 0.300 e. The molecule has 0 aromatic carbocycles. The lowest BCUT2D eigenvalue weighted by Crippen LogP contribution is -2.21. The first-order valence-electron chi connectivity index (χ1n) is 4.15. The van der Waals surface area contributed by atoms with Crippen molar-refractivity contribution >= 4 is 46.0 Å². The minimum Gasteiger partial charge on any atom is -0.300 e. The lowest BCUT2D eigenvalue weighted by molar-refractivity contribution is 1.07. The number of fused-ring (bicyclic) bond motifs is 1. The van der Waals surface area contributed by atoms with Crippen LogP contribution in [-0.2, 0) is 0 Å². The van der Waals surface area contributed by atoms with Crippen molar-refractivity contribution in [3.8, 4) is 6.07 Å². The van der Waals surface area contributed by atoms with Crippen LogP contribution in [0.3, 0.4) is 0 Å².